The number of piperazine rings is 1. The number of ether oxygens (including phenoxy) is 2. The van der Waals surface area contributed by atoms with Crippen LogP contribution in [0.4, 0.5) is 21.5 Å². The van der Waals surface area contributed by atoms with E-state index in [-0.39, 0.29) is 35.2 Å². The molecule has 1 unspecified atom stereocenters. The van der Waals surface area contributed by atoms with E-state index in [1.807, 2.05) is 22.9 Å². The first-order chi connectivity index (χ1) is 30.1. The number of nitrogens with one attached hydrogen (secondary N) is 3. The lowest BCUT2D eigenvalue weighted by Gasteiger charge is -2.43. The number of pyridine rings is 1. The van der Waals surface area contributed by atoms with E-state index in [1.165, 1.54) is 29.0 Å². The summed E-state index contributed by atoms with van der Waals surface area (Å²) in [5.41, 5.74) is 4.31. The standard InChI is InChI=1S/C46H51ClFN7O7S/c1-29-27-54(17-16-53(29)28-33-10-14-46(2,3)24-39(33)31-4-6-34(47)7-5-31)35-8-9-38(42(21-35)62-36-20-32-11-15-49-44(32)51-26-36)45(56)52-63(59,60)37-22-40(48)43(41(23-37)55(57)58)50-25-30-12-18-61-19-13-30/h4-9,11,15,20-23,26,29-30,50H,10,12-14,16-19,24-25,27-28H2,1-3H3,(H,49,51)(H,52,56). The van der Waals surface area contributed by atoms with Gasteiger partial charge in [0.1, 0.15) is 22.8 Å². The van der Waals surface area contributed by atoms with Crippen LogP contribution in [0.1, 0.15) is 68.8 Å². The first kappa shape index (κ1) is 44.1. The molecular weight excluding hydrogens is 849 g/mol. The zero-order chi connectivity index (χ0) is 44.5. The van der Waals surface area contributed by atoms with Crippen LogP contribution in [0.25, 0.3) is 16.6 Å². The zero-order valence-corrected chi connectivity index (χ0v) is 37.0. The van der Waals surface area contributed by atoms with Crippen molar-refractivity contribution in [2.75, 3.05) is 56.2 Å². The molecule has 2 fully saturated rings. The molecule has 1 aliphatic carbocycles. The summed E-state index contributed by atoms with van der Waals surface area (Å²) in [5.74, 6) is -1.75. The topological polar surface area (TPSA) is 172 Å². The largest absolute Gasteiger partial charge is 0.455 e. The SMILES string of the molecule is CC1CN(c2ccc(C(=O)NS(=O)(=O)c3cc(F)c(NCC4CCOCC4)c([N+](=O)[O-])c3)c(Oc3cnc4[nH]ccc4c3)c2)CCN1CC1=C(c2ccc(Cl)cc2)CC(C)(C)CC1. The summed E-state index contributed by atoms with van der Waals surface area (Å²) >= 11 is 6.25. The molecule has 332 valence electrons. The van der Waals surface area contributed by atoms with Gasteiger partial charge >= 0.3 is 0 Å². The van der Waals surface area contributed by atoms with Gasteiger partial charge in [-0.05, 0) is 104 Å². The molecule has 0 radical (unpaired) electrons. The maximum Gasteiger partial charge on any atom is 0.296 e. The van der Waals surface area contributed by atoms with Gasteiger partial charge in [0.2, 0.25) is 0 Å². The molecule has 63 heavy (non-hydrogen) atoms. The van der Waals surface area contributed by atoms with E-state index in [4.69, 9.17) is 21.1 Å². The molecule has 3 N–H and O–H groups in total. The fraction of sp³-hybridized carbons (Fsp3) is 0.391. The molecule has 1 amide bonds. The van der Waals surface area contributed by atoms with Crippen molar-refractivity contribution >= 4 is 61.2 Å². The predicted molar refractivity (Wildman–Crippen MR) is 242 cm³/mol. The first-order valence-corrected chi connectivity index (χ1v) is 23.1. The summed E-state index contributed by atoms with van der Waals surface area (Å²) in [6.45, 7) is 11.1. The van der Waals surface area contributed by atoms with Crippen LogP contribution in [0.2, 0.25) is 5.02 Å². The van der Waals surface area contributed by atoms with Gasteiger partial charge in [0.15, 0.2) is 5.82 Å². The minimum atomic E-state index is -4.82. The number of halogens is 2. The fourth-order valence-electron chi connectivity index (χ4n) is 8.73. The van der Waals surface area contributed by atoms with Crippen molar-refractivity contribution in [3.63, 3.8) is 0 Å². The molecule has 5 aromatic rings. The molecule has 1 atom stereocenters. The normalized spacial score (nSPS) is 18.7. The number of carbonyl (C=O) groups is 1. The molecular formula is C46H51ClFN7O7S. The summed E-state index contributed by atoms with van der Waals surface area (Å²) < 4.78 is 56.5. The molecule has 2 saturated heterocycles. The van der Waals surface area contributed by atoms with E-state index >= 15 is 4.39 Å². The second-order valence-electron chi connectivity index (χ2n) is 17.5. The molecule has 2 aliphatic heterocycles. The van der Waals surface area contributed by atoms with E-state index in [1.54, 1.807) is 24.4 Å². The number of nitrogens with zero attached hydrogens (tertiary/aromatic N) is 4. The molecule has 17 heteroatoms. The zero-order valence-electron chi connectivity index (χ0n) is 35.5. The van der Waals surface area contributed by atoms with E-state index in [0.717, 1.165) is 49.5 Å². The highest BCUT2D eigenvalue weighted by atomic mass is 35.5. The maximum absolute atomic E-state index is 15.5. The Balaban J connectivity index is 1.03. The number of sulfonamides is 1. The van der Waals surface area contributed by atoms with Gasteiger partial charge in [-0.1, -0.05) is 43.2 Å². The lowest BCUT2D eigenvalue weighted by molar-refractivity contribution is -0.384. The Bertz CT molecular complexity index is 2670. The number of aromatic nitrogens is 2. The smallest absolute Gasteiger partial charge is 0.296 e. The van der Waals surface area contributed by atoms with E-state index in [9.17, 15) is 23.3 Å². The Hall–Kier alpha value is -5.55. The number of aromatic amines is 1. The molecule has 0 bridgehead atoms. The number of rotatable bonds is 13. The van der Waals surface area contributed by atoms with Crippen molar-refractivity contribution in [1.29, 1.82) is 0 Å². The molecule has 0 saturated carbocycles. The number of carbonyl (C=O) groups excluding carboxylic acids is 1. The van der Waals surface area contributed by atoms with Crippen LogP contribution in [0.3, 0.4) is 0 Å². The highest BCUT2D eigenvalue weighted by molar-refractivity contribution is 7.90. The Morgan fingerprint density at radius 1 is 1.10 bits per heavy atom. The third kappa shape index (κ3) is 10.1. The number of anilines is 2. The van der Waals surface area contributed by atoms with Crippen molar-refractivity contribution in [3.8, 4) is 11.5 Å². The molecule has 0 spiro atoms. The quantitative estimate of drug-likeness (QED) is 0.0760. The third-order valence-corrected chi connectivity index (χ3v) is 14.0. The lowest BCUT2D eigenvalue weighted by Crippen LogP contribution is -2.52. The van der Waals surface area contributed by atoms with Crippen molar-refractivity contribution in [3.05, 3.63) is 117 Å². The van der Waals surface area contributed by atoms with Gasteiger partial charge in [-0.15, -0.1) is 0 Å². The van der Waals surface area contributed by atoms with Gasteiger partial charge in [0.25, 0.3) is 21.6 Å². The number of amides is 1. The average molecular weight is 900 g/mol. The van der Waals surface area contributed by atoms with Crippen LogP contribution in [0, 0.1) is 27.3 Å². The Morgan fingerprint density at radius 2 is 1.87 bits per heavy atom. The predicted octanol–water partition coefficient (Wildman–Crippen LogP) is 9.19. The summed E-state index contributed by atoms with van der Waals surface area (Å²) in [6.07, 6.45) is 7.75. The highest BCUT2D eigenvalue weighted by Crippen LogP contribution is 2.44. The average Bonchev–Trinajstić information content (AvgIpc) is 3.73. The van der Waals surface area contributed by atoms with Crippen molar-refractivity contribution in [1.82, 2.24) is 19.6 Å². The van der Waals surface area contributed by atoms with E-state index in [2.05, 4.69) is 58.0 Å². The Kier molecular flexibility index (Phi) is 12.8. The maximum atomic E-state index is 15.5. The monoisotopic (exact) mass is 899 g/mol. The van der Waals surface area contributed by atoms with Gasteiger partial charge < -0.3 is 24.7 Å². The summed E-state index contributed by atoms with van der Waals surface area (Å²) in [7, 11) is -4.82. The second-order valence-corrected chi connectivity index (χ2v) is 19.6. The van der Waals surface area contributed by atoms with Gasteiger partial charge in [-0.2, -0.15) is 0 Å². The molecule has 4 heterocycles. The van der Waals surface area contributed by atoms with Gasteiger partial charge in [-0.25, -0.2) is 22.5 Å². The van der Waals surface area contributed by atoms with Crippen LogP contribution < -0.4 is 19.7 Å². The van der Waals surface area contributed by atoms with Crippen LogP contribution in [0.5, 0.6) is 11.5 Å². The minimum absolute atomic E-state index is 0.0550. The number of allylic oxidation sites excluding steroid dienone is 1. The Morgan fingerprint density at radius 3 is 2.62 bits per heavy atom. The molecule has 2 aromatic heterocycles. The van der Waals surface area contributed by atoms with Crippen molar-refractivity contribution in [2.45, 2.75) is 63.8 Å². The number of fused-ring (bicyclic) bond motifs is 1. The molecule has 8 rings (SSSR count). The van der Waals surface area contributed by atoms with Crippen LogP contribution in [0.15, 0.2) is 89.6 Å². The number of H-pyrrole nitrogens is 1. The Labute approximate surface area is 371 Å². The fourth-order valence-corrected chi connectivity index (χ4v) is 9.85. The molecule has 14 nitrogen and oxygen atoms in total. The van der Waals surface area contributed by atoms with Crippen LogP contribution in [-0.4, -0.2) is 86.1 Å². The number of hydrogen-bond acceptors (Lipinski definition) is 11. The third-order valence-electron chi connectivity index (χ3n) is 12.4. The lowest BCUT2D eigenvalue weighted by atomic mass is 9.72. The number of nitro benzene ring substituents is 1. The minimum Gasteiger partial charge on any atom is -0.455 e. The van der Waals surface area contributed by atoms with Gasteiger partial charge in [0, 0.05) is 86.4 Å². The van der Waals surface area contributed by atoms with E-state index in [0.29, 0.717) is 61.6 Å². The summed E-state index contributed by atoms with van der Waals surface area (Å²) in [5, 5.41) is 16.3. The van der Waals surface area contributed by atoms with Crippen molar-refractivity contribution in [2.24, 2.45) is 11.3 Å². The molecule has 3 aromatic carbocycles. The summed E-state index contributed by atoms with van der Waals surface area (Å²) in [6, 6.07) is 18.2. The van der Waals surface area contributed by atoms with Gasteiger partial charge in [-0.3, -0.25) is 19.8 Å². The van der Waals surface area contributed by atoms with Gasteiger partial charge in [0.05, 0.1) is 21.6 Å². The van der Waals surface area contributed by atoms with E-state index < -0.39 is 42.9 Å². The highest BCUT2D eigenvalue weighted by Gasteiger charge is 2.33. The second kappa shape index (κ2) is 18.3. The van der Waals surface area contributed by atoms with Crippen LogP contribution in [-0.2, 0) is 14.8 Å². The summed E-state index contributed by atoms with van der Waals surface area (Å²) in [4.78, 5) is 36.5. The number of benzene rings is 3. The van der Waals surface area contributed by atoms with Crippen LogP contribution >= 0.6 is 11.6 Å². The van der Waals surface area contributed by atoms with Crippen molar-refractivity contribution < 1.29 is 32.0 Å². The molecule has 3 aliphatic rings. The number of hydrogen-bond donors (Lipinski definition) is 3. The number of nitro groups is 1. The first-order valence-electron chi connectivity index (χ1n) is 21.2.